The first kappa shape index (κ1) is 14.0. The van der Waals surface area contributed by atoms with Gasteiger partial charge in [-0.15, -0.1) is 0 Å². The Labute approximate surface area is 106 Å². The lowest BCUT2D eigenvalue weighted by molar-refractivity contribution is 0.0697. The molecule has 18 heavy (non-hydrogen) atoms. The van der Waals surface area contributed by atoms with Crippen LogP contribution in [0.15, 0.2) is 18.2 Å². The predicted octanol–water partition coefficient (Wildman–Crippen LogP) is 2.90. The second-order valence-corrected chi connectivity index (χ2v) is 4.42. The molecule has 5 heteroatoms. The quantitative estimate of drug-likeness (QED) is 0.862. The topological polar surface area (TPSA) is 75.6 Å². The van der Waals surface area contributed by atoms with Gasteiger partial charge in [-0.1, -0.05) is 26.0 Å². The molecule has 0 unspecified atom stereocenters. The van der Waals surface area contributed by atoms with Gasteiger partial charge in [-0.2, -0.15) is 0 Å². The Balaban J connectivity index is 2.81. The molecule has 0 aliphatic rings. The summed E-state index contributed by atoms with van der Waals surface area (Å²) in [6, 6.07) is 4.89. The Morgan fingerprint density at radius 3 is 2.61 bits per heavy atom. The molecule has 0 bridgehead atoms. The number of carbonyl (C=O) groups is 2. The van der Waals surface area contributed by atoms with E-state index in [2.05, 4.69) is 5.32 Å². The van der Waals surface area contributed by atoms with E-state index in [1.165, 1.54) is 6.07 Å². The Morgan fingerprint density at radius 2 is 2.06 bits per heavy atom. The molecule has 0 aromatic heterocycles. The van der Waals surface area contributed by atoms with Crippen molar-refractivity contribution in [2.75, 3.05) is 11.9 Å². The first-order valence-electron chi connectivity index (χ1n) is 5.68. The maximum Gasteiger partial charge on any atom is 0.411 e. The van der Waals surface area contributed by atoms with Crippen LogP contribution in [-0.2, 0) is 4.74 Å². The molecule has 2 N–H and O–H groups in total. The molecule has 0 aliphatic carbocycles. The van der Waals surface area contributed by atoms with Gasteiger partial charge in [-0.3, -0.25) is 5.32 Å². The van der Waals surface area contributed by atoms with Crippen LogP contribution in [0.1, 0.15) is 29.8 Å². The molecule has 0 saturated carbocycles. The number of aryl methyl sites for hydroxylation is 1. The smallest absolute Gasteiger partial charge is 0.411 e. The lowest BCUT2D eigenvalue weighted by Gasteiger charge is -2.11. The largest absolute Gasteiger partial charge is 0.478 e. The number of hydrogen-bond donors (Lipinski definition) is 2. The van der Waals surface area contributed by atoms with Crippen LogP contribution in [0.5, 0.6) is 0 Å². The minimum absolute atomic E-state index is 0.0824. The van der Waals surface area contributed by atoms with Crippen LogP contribution in [0.2, 0.25) is 0 Å². The summed E-state index contributed by atoms with van der Waals surface area (Å²) in [5, 5.41) is 11.5. The van der Waals surface area contributed by atoms with Gasteiger partial charge in [-0.05, 0) is 24.5 Å². The molecule has 1 aromatic carbocycles. The molecule has 1 aromatic rings. The van der Waals surface area contributed by atoms with Crippen LogP contribution in [0.3, 0.4) is 0 Å². The van der Waals surface area contributed by atoms with Crippen LogP contribution in [-0.4, -0.2) is 23.8 Å². The van der Waals surface area contributed by atoms with Gasteiger partial charge in [0.2, 0.25) is 0 Å². The minimum Gasteiger partial charge on any atom is -0.478 e. The molecule has 0 heterocycles. The van der Waals surface area contributed by atoms with E-state index < -0.39 is 12.1 Å². The van der Waals surface area contributed by atoms with Crippen LogP contribution in [0.4, 0.5) is 10.5 Å². The molecule has 0 radical (unpaired) electrons. The lowest BCUT2D eigenvalue weighted by Crippen LogP contribution is -2.18. The maximum atomic E-state index is 11.5. The standard InChI is InChI=1S/C13H17NO4/c1-8(2)7-18-13(17)14-10-6-4-5-9(3)11(10)12(15)16/h4-6,8H,7H2,1-3H3,(H,14,17)(H,15,16). The number of ether oxygens (including phenoxy) is 1. The summed E-state index contributed by atoms with van der Waals surface area (Å²) in [5.41, 5.74) is 0.916. The first-order valence-corrected chi connectivity index (χ1v) is 5.68. The van der Waals surface area contributed by atoms with E-state index in [0.29, 0.717) is 12.2 Å². The number of benzene rings is 1. The first-order chi connectivity index (χ1) is 8.41. The number of carboxylic acid groups (broad SMARTS) is 1. The second kappa shape index (κ2) is 6.05. The van der Waals surface area contributed by atoms with Crippen molar-refractivity contribution in [3.8, 4) is 0 Å². The van der Waals surface area contributed by atoms with E-state index in [4.69, 9.17) is 9.84 Å². The van der Waals surface area contributed by atoms with E-state index in [1.54, 1.807) is 19.1 Å². The van der Waals surface area contributed by atoms with E-state index in [0.717, 1.165) is 0 Å². The molecular weight excluding hydrogens is 234 g/mol. The van der Waals surface area contributed by atoms with Gasteiger partial charge in [0, 0.05) is 0 Å². The number of rotatable bonds is 4. The second-order valence-electron chi connectivity index (χ2n) is 4.42. The summed E-state index contributed by atoms with van der Waals surface area (Å²) < 4.78 is 4.94. The zero-order valence-electron chi connectivity index (χ0n) is 10.7. The van der Waals surface area contributed by atoms with Crippen LogP contribution < -0.4 is 5.32 Å². The Hall–Kier alpha value is -2.04. The highest BCUT2D eigenvalue weighted by molar-refractivity contribution is 5.99. The van der Waals surface area contributed by atoms with Crippen molar-refractivity contribution < 1.29 is 19.4 Å². The average molecular weight is 251 g/mol. The zero-order chi connectivity index (χ0) is 13.7. The summed E-state index contributed by atoms with van der Waals surface area (Å²) in [7, 11) is 0. The number of anilines is 1. The number of nitrogens with one attached hydrogen (secondary N) is 1. The fourth-order valence-electron chi connectivity index (χ4n) is 1.44. The van der Waals surface area contributed by atoms with Gasteiger partial charge >= 0.3 is 12.1 Å². The Kier molecular flexibility index (Phi) is 4.71. The highest BCUT2D eigenvalue weighted by Crippen LogP contribution is 2.19. The van der Waals surface area contributed by atoms with Gasteiger partial charge in [-0.25, -0.2) is 9.59 Å². The molecule has 0 atom stereocenters. The summed E-state index contributed by atoms with van der Waals surface area (Å²) in [6.07, 6.45) is -0.642. The monoisotopic (exact) mass is 251 g/mol. The molecule has 1 rings (SSSR count). The van der Waals surface area contributed by atoms with E-state index in [1.807, 2.05) is 13.8 Å². The van der Waals surface area contributed by atoms with Gasteiger partial charge < -0.3 is 9.84 Å². The molecule has 1 amide bonds. The number of hydrogen-bond acceptors (Lipinski definition) is 3. The Morgan fingerprint density at radius 1 is 1.39 bits per heavy atom. The van der Waals surface area contributed by atoms with Gasteiger partial charge in [0.05, 0.1) is 17.9 Å². The van der Waals surface area contributed by atoms with Crippen molar-refractivity contribution in [1.29, 1.82) is 0 Å². The number of carbonyl (C=O) groups excluding carboxylic acids is 1. The predicted molar refractivity (Wildman–Crippen MR) is 67.9 cm³/mol. The van der Waals surface area contributed by atoms with Crippen molar-refractivity contribution in [2.45, 2.75) is 20.8 Å². The number of carboxylic acids is 1. The van der Waals surface area contributed by atoms with Crippen LogP contribution in [0.25, 0.3) is 0 Å². The van der Waals surface area contributed by atoms with Gasteiger partial charge in [0.25, 0.3) is 0 Å². The maximum absolute atomic E-state index is 11.5. The molecule has 0 saturated heterocycles. The normalized spacial score (nSPS) is 10.2. The lowest BCUT2D eigenvalue weighted by atomic mass is 10.1. The van der Waals surface area contributed by atoms with Crippen molar-refractivity contribution in [1.82, 2.24) is 0 Å². The Bertz CT molecular complexity index is 454. The third kappa shape index (κ3) is 3.76. The molecule has 0 fully saturated rings. The average Bonchev–Trinajstić information content (AvgIpc) is 2.26. The van der Waals surface area contributed by atoms with Crippen LogP contribution >= 0.6 is 0 Å². The molecule has 0 aliphatic heterocycles. The fraction of sp³-hybridized carbons (Fsp3) is 0.385. The SMILES string of the molecule is Cc1cccc(NC(=O)OCC(C)C)c1C(=O)O. The third-order valence-electron chi connectivity index (χ3n) is 2.27. The van der Waals surface area contributed by atoms with E-state index in [9.17, 15) is 9.59 Å². The van der Waals surface area contributed by atoms with E-state index in [-0.39, 0.29) is 17.2 Å². The van der Waals surface area contributed by atoms with Crippen LogP contribution in [0, 0.1) is 12.8 Å². The fourth-order valence-corrected chi connectivity index (χ4v) is 1.44. The third-order valence-corrected chi connectivity index (χ3v) is 2.27. The van der Waals surface area contributed by atoms with Crippen molar-refractivity contribution in [2.24, 2.45) is 5.92 Å². The molecule has 98 valence electrons. The van der Waals surface area contributed by atoms with Crippen molar-refractivity contribution in [3.63, 3.8) is 0 Å². The molecule has 0 spiro atoms. The number of aromatic carboxylic acids is 1. The zero-order valence-corrected chi connectivity index (χ0v) is 10.7. The van der Waals surface area contributed by atoms with Gasteiger partial charge in [0.1, 0.15) is 0 Å². The number of amides is 1. The summed E-state index contributed by atoms with van der Waals surface area (Å²) in [5.74, 6) is -0.848. The van der Waals surface area contributed by atoms with E-state index >= 15 is 0 Å². The van der Waals surface area contributed by atoms with Crippen molar-refractivity contribution in [3.05, 3.63) is 29.3 Å². The van der Waals surface area contributed by atoms with Gasteiger partial charge in [0.15, 0.2) is 0 Å². The minimum atomic E-state index is -1.08. The molecule has 5 nitrogen and oxygen atoms in total. The summed E-state index contributed by atoms with van der Waals surface area (Å²) in [6.45, 7) is 5.80. The highest BCUT2D eigenvalue weighted by atomic mass is 16.5. The van der Waals surface area contributed by atoms with Crippen molar-refractivity contribution >= 4 is 17.7 Å². The summed E-state index contributed by atoms with van der Waals surface area (Å²) >= 11 is 0. The molecular formula is C13H17NO4. The highest BCUT2D eigenvalue weighted by Gasteiger charge is 2.15. The summed E-state index contributed by atoms with van der Waals surface area (Å²) in [4.78, 5) is 22.6.